The molecule has 23 heavy (non-hydrogen) atoms. The standard InChI is InChI=1S/C19H33NO3/c1-4-6-7-8-13-21-14-15-22-16-17-23-19-11-9-18(10-12-19)20(3)5-2/h9-12H,4-8,13-17H2,1-3H3. The van der Waals surface area contributed by atoms with E-state index in [4.69, 9.17) is 14.2 Å². The molecule has 0 aliphatic rings. The predicted molar refractivity (Wildman–Crippen MR) is 96.7 cm³/mol. The minimum absolute atomic E-state index is 0.569. The van der Waals surface area contributed by atoms with Gasteiger partial charge in [0, 0.05) is 25.9 Å². The number of rotatable bonds is 14. The van der Waals surface area contributed by atoms with E-state index >= 15 is 0 Å². The maximum absolute atomic E-state index is 5.66. The van der Waals surface area contributed by atoms with E-state index < -0.39 is 0 Å². The van der Waals surface area contributed by atoms with Gasteiger partial charge in [0.1, 0.15) is 12.4 Å². The van der Waals surface area contributed by atoms with E-state index in [0.29, 0.717) is 26.4 Å². The number of hydrogen-bond acceptors (Lipinski definition) is 4. The van der Waals surface area contributed by atoms with Crippen LogP contribution in [0.4, 0.5) is 5.69 Å². The van der Waals surface area contributed by atoms with Gasteiger partial charge in [-0.1, -0.05) is 26.2 Å². The highest BCUT2D eigenvalue weighted by Gasteiger charge is 1.99. The molecule has 0 saturated heterocycles. The van der Waals surface area contributed by atoms with Crippen molar-refractivity contribution in [3.05, 3.63) is 24.3 Å². The van der Waals surface area contributed by atoms with Crippen molar-refractivity contribution in [1.29, 1.82) is 0 Å². The van der Waals surface area contributed by atoms with Gasteiger partial charge in [-0.2, -0.15) is 0 Å². The minimum Gasteiger partial charge on any atom is -0.491 e. The molecule has 0 aliphatic heterocycles. The summed E-state index contributed by atoms with van der Waals surface area (Å²) < 4.78 is 16.7. The van der Waals surface area contributed by atoms with Crippen LogP contribution in [0.3, 0.4) is 0 Å². The average Bonchev–Trinajstić information content (AvgIpc) is 2.59. The van der Waals surface area contributed by atoms with Crippen LogP contribution in [0.1, 0.15) is 39.5 Å². The van der Waals surface area contributed by atoms with Gasteiger partial charge in [0.15, 0.2) is 0 Å². The van der Waals surface area contributed by atoms with Crippen molar-refractivity contribution in [3.63, 3.8) is 0 Å². The van der Waals surface area contributed by atoms with E-state index in [1.807, 2.05) is 12.1 Å². The number of benzene rings is 1. The van der Waals surface area contributed by atoms with Crippen molar-refractivity contribution in [1.82, 2.24) is 0 Å². The summed E-state index contributed by atoms with van der Waals surface area (Å²) >= 11 is 0. The highest BCUT2D eigenvalue weighted by Crippen LogP contribution is 2.18. The second kappa shape index (κ2) is 13.2. The fraction of sp³-hybridized carbons (Fsp3) is 0.684. The van der Waals surface area contributed by atoms with Gasteiger partial charge in [0.2, 0.25) is 0 Å². The van der Waals surface area contributed by atoms with Crippen molar-refractivity contribution in [2.75, 3.05) is 51.5 Å². The van der Waals surface area contributed by atoms with Crippen molar-refractivity contribution in [3.8, 4) is 5.75 Å². The normalized spacial score (nSPS) is 10.7. The lowest BCUT2D eigenvalue weighted by Gasteiger charge is -2.17. The monoisotopic (exact) mass is 323 g/mol. The Hall–Kier alpha value is -1.26. The number of hydrogen-bond donors (Lipinski definition) is 0. The van der Waals surface area contributed by atoms with Gasteiger partial charge in [-0.25, -0.2) is 0 Å². The topological polar surface area (TPSA) is 30.9 Å². The van der Waals surface area contributed by atoms with Crippen LogP contribution >= 0.6 is 0 Å². The first kappa shape index (κ1) is 19.8. The van der Waals surface area contributed by atoms with Crippen LogP contribution < -0.4 is 9.64 Å². The van der Waals surface area contributed by atoms with Gasteiger partial charge in [0.05, 0.1) is 19.8 Å². The molecule has 0 saturated carbocycles. The number of anilines is 1. The molecule has 0 fully saturated rings. The van der Waals surface area contributed by atoms with E-state index in [0.717, 1.165) is 25.3 Å². The predicted octanol–water partition coefficient (Wildman–Crippen LogP) is 4.14. The van der Waals surface area contributed by atoms with E-state index in [1.165, 1.54) is 24.9 Å². The Morgan fingerprint density at radius 2 is 1.43 bits per heavy atom. The fourth-order valence-corrected chi connectivity index (χ4v) is 2.15. The SMILES string of the molecule is CCCCCCOCCOCCOc1ccc(N(C)CC)cc1. The molecule has 1 aromatic rings. The van der Waals surface area contributed by atoms with Crippen molar-refractivity contribution >= 4 is 5.69 Å². The summed E-state index contributed by atoms with van der Waals surface area (Å²) in [6.45, 7) is 8.66. The van der Waals surface area contributed by atoms with Crippen LogP contribution in [0.25, 0.3) is 0 Å². The third-order valence-electron chi connectivity index (χ3n) is 3.76. The highest BCUT2D eigenvalue weighted by molar-refractivity contribution is 5.48. The fourth-order valence-electron chi connectivity index (χ4n) is 2.15. The van der Waals surface area contributed by atoms with Crippen LogP contribution in [0.15, 0.2) is 24.3 Å². The maximum atomic E-state index is 5.66. The Kier molecular flexibility index (Phi) is 11.4. The number of nitrogens with zero attached hydrogens (tertiary/aromatic N) is 1. The molecular weight excluding hydrogens is 290 g/mol. The average molecular weight is 323 g/mol. The van der Waals surface area contributed by atoms with Gasteiger partial charge < -0.3 is 19.1 Å². The molecule has 132 valence electrons. The molecule has 4 nitrogen and oxygen atoms in total. The summed E-state index contributed by atoms with van der Waals surface area (Å²) in [7, 11) is 2.08. The Morgan fingerprint density at radius 3 is 2.09 bits per heavy atom. The summed E-state index contributed by atoms with van der Waals surface area (Å²) in [6, 6.07) is 8.15. The van der Waals surface area contributed by atoms with E-state index in [9.17, 15) is 0 Å². The smallest absolute Gasteiger partial charge is 0.119 e. The molecule has 1 rings (SSSR count). The molecule has 4 heteroatoms. The lowest BCUT2D eigenvalue weighted by Crippen LogP contribution is -2.15. The lowest BCUT2D eigenvalue weighted by molar-refractivity contribution is 0.0352. The summed E-state index contributed by atoms with van der Waals surface area (Å²) in [5.41, 5.74) is 1.20. The largest absolute Gasteiger partial charge is 0.491 e. The van der Waals surface area contributed by atoms with Gasteiger partial charge in [-0.3, -0.25) is 0 Å². The van der Waals surface area contributed by atoms with Crippen molar-refractivity contribution in [2.45, 2.75) is 39.5 Å². The first-order chi connectivity index (χ1) is 11.3. The molecular formula is C19H33NO3. The quantitative estimate of drug-likeness (QED) is 0.482. The Balaban J connectivity index is 1.96. The molecule has 0 N–H and O–H groups in total. The third-order valence-corrected chi connectivity index (χ3v) is 3.76. The Morgan fingerprint density at radius 1 is 0.783 bits per heavy atom. The van der Waals surface area contributed by atoms with Gasteiger partial charge >= 0.3 is 0 Å². The molecule has 0 spiro atoms. The zero-order valence-corrected chi connectivity index (χ0v) is 15.1. The molecule has 0 bridgehead atoms. The van der Waals surface area contributed by atoms with Crippen LogP contribution in [0.5, 0.6) is 5.75 Å². The number of unbranched alkanes of at least 4 members (excludes halogenated alkanes) is 3. The van der Waals surface area contributed by atoms with E-state index in [2.05, 4.69) is 37.9 Å². The third kappa shape index (κ3) is 9.47. The summed E-state index contributed by atoms with van der Waals surface area (Å²) in [6.07, 6.45) is 4.98. The lowest BCUT2D eigenvalue weighted by atomic mass is 10.2. The van der Waals surface area contributed by atoms with Gasteiger partial charge in [0.25, 0.3) is 0 Å². The maximum Gasteiger partial charge on any atom is 0.119 e. The second-order valence-electron chi connectivity index (χ2n) is 5.64. The van der Waals surface area contributed by atoms with Crippen LogP contribution in [-0.2, 0) is 9.47 Å². The zero-order chi connectivity index (χ0) is 16.8. The van der Waals surface area contributed by atoms with Gasteiger partial charge in [-0.05, 0) is 37.6 Å². The minimum atomic E-state index is 0.569. The zero-order valence-electron chi connectivity index (χ0n) is 15.1. The first-order valence-electron chi connectivity index (χ1n) is 8.87. The molecule has 0 heterocycles. The second-order valence-corrected chi connectivity index (χ2v) is 5.64. The van der Waals surface area contributed by atoms with Crippen molar-refractivity contribution in [2.24, 2.45) is 0 Å². The van der Waals surface area contributed by atoms with Crippen LogP contribution in [0.2, 0.25) is 0 Å². The molecule has 0 aliphatic carbocycles. The van der Waals surface area contributed by atoms with Crippen molar-refractivity contribution < 1.29 is 14.2 Å². The molecule has 1 aromatic carbocycles. The molecule has 0 unspecified atom stereocenters. The molecule has 0 radical (unpaired) electrons. The molecule has 0 amide bonds. The Labute approximate surface area is 141 Å². The summed E-state index contributed by atoms with van der Waals surface area (Å²) in [4.78, 5) is 2.19. The Bertz CT molecular complexity index is 381. The molecule has 0 atom stereocenters. The van der Waals surface area contributed by atoms with E-state index in [-0.39, 0.29) is 0 Å². The van der Waals surface area contributed by atoms with E-state index in [1.54, 1.807) is 0 Å². The summed E-state index contributed by atoms with van der Waals surface area (Å²) in [5, 5.41) is 0. The summed E-state index contributed by atoms with van der Waals surface area (Å²) in [5.74, 6) is 0.883. The molecule has 0 aromatic heterocycles. The number of ether oxygens (including phenoxy) is 3. The highest BCUT2D eigenvalue weighted by atomic mass is 16.5. The van der Waals surface area contributed by atoms with Gasteiger partial charge in [-0.15, -0.1) is 0 Å². The first-order valence-corrected chi connectivity index (χ1v) is 8.87. The van der Waals surface area contributed by atoms with Crippen LogP contribution in [-0.4, -0.2) is 46.6 Å². The van der Waals surface area contributed by atoms with Crippen LogP contribution in [0, 0.1) is 0 Å².